The number of benzene rings is 2. The molecule has 0 saturated heterocycles. The summed E-state index contributed by atoms with van der Waals surface area (Å²) in [4.78, 5) is 0. The number of hydrogen-bond donors (Lipinski definition) is 0. The summed E-state index contributed by atoms with van der Waals surface area (Å²) < 4.78 is 0.701. The molecule has 0 aliphatic heterocycles. The van der Waals surface area contributed by atoms with E-state index in [1.807, 2.05) is 0 Å². The molecule has 0 heterocycles. The molecule has 2 rings (SSSR count). The molecule has 0 radical (unpaired) electrons. The zero-order chi connectivity index (χ0) is 15.5. The molecule has 0 saturated carbocycles. The van der Waals surface area contributed by atoms with Gasteiger partial charge in [0.15, 0.2) is 0 Å². The molecule has 118 valence electrons. The molecule has 0 nitrogen and oxygen atoms in total. The smallest absolute Gasteiger partial charge is 0.0509 e. The topological polar surface area (TPSA) is 0 Å². The van der Waals surface area contributed by atoms with E-state index in [4.69, 9.17) is 0 Å². The second-order valence-corrected chi connectivity index (χ2v) is 8.20. The monoisotopic (exact) mass is 330 g/mol. The normalized spacial score (nSPS) is 11.0. The molecule has 0 aromatic heterocycles. The Kier molecular flexibility index (Phi) is 8.59. The van der Waals surface area contributed by atoms with Crippen LogP contribution < -0.4 is 0 Å². The van der Waals surface area contributed by atoms with Gasteiger partial charge in [-0.15, -0.1) is 23.5 Å². The van der Waals surface area contributed by atoms with Crippen molar-refractivity contribution in [3.05, 3.63) is 71.8 Å². The highest BCUT2D eigenvalue weighted by molar-refractivity contribution is 8.16. The Labute approximate surface area is 144 Å². The van der Waals surface area contributed by atoms with Crippen LogP contribution in [0.5, 0.6) is 0 Å². The van der Waals surface area contributed by atoms with E-state index in [1.165, 1.54) is 36.8 Å². The van der Waals surface area contributed by atoms with E-state index in [2.05, 4.69) is 91.1 Å². The van der Waals surface area contributed by atoms with E-state index < -0.39 is 0 Å². The van der Waals surface area contributed by atoms with Crippen LogP contribution in [-0.2, 0) is 11.5 Å². The highest BCUT2D eigenvalue weighted by atomic mass is 32.2. The van der Waals surface area contributed by atoms with Crippen molar-refractivity contribution in [2.75, 3.05) is 0 Å². The number of unbranched alkanes of at least 4 members (excludes halogenated alkanes) is 2. The minimum absolute atomic E-state index is 0.701. The maximum Gasteiger partial charge on any atom is 0.0509 e. The molecule has 2 aromatic rings. The first kappa shape index (κ1) is 17.5. The van der Waals surface area contributed by atoms with Crippen molar-refractivity contribution in [2.24, 2.45) is 0 Å². The SMILES string of the molecule is CCCCCC(SCc1ccccc1)SCc1ccccc1. The van der Waals surface area contributed by atoms with Gasteiger partial charge in [-0.2, -0.15) is 0 Å². The largest absolute Gasteiger partial charge is 0.143 e. The van der Waals surface area contributed by atoms with Gasteiger partial charge in [0.1, 0.15) is 0 Å². The summed E-state index contributed by atoms with van der Waals surface area (Å²) in [6.07, 6.45) is 5.33. The zero-order valence-electron chi connectivity index (χ0n) is 13.4. The van der Waals surface area contributed by atoms with Crippen molar-refractivity contribution < 1.29 is 0 Å². The van der Waals surface area contributed by atoms with Gasteiger partial charge in [0.05, 0.1) is 4.58 Å². The van der Waals surface area contributed by atoms with Crippen molar-refractivity contribution in [1.29, 1.82) is 0 Å². The standard InChI is InChI=1S/C20H26S2/c1-2-3-6-15-20(21-16-18-11-7-4-8-12-18)22-17-19-13-9-5-10-14-19/h4-5,7-14,20H,2-3,6,15-17H2,1H3. The van der Waals surface area contributed by atoms with Crippen molar-refractivity contribution in [3.8, 4) is 0 Å². The van der Waals surface area contributed by atoms with Crippen LogP contribution in [0.4, 0.5) is 0 Å². The maximum absolute atomic E-state index is 2.28. The number of rotatable bonds is 10. The Morgan fingerprint density at radius 3 is 1.68 bits per heavy atom. The van der Waals surface area contributed by atoms with Gasteiger partial charge in [0, 0.05) is 11.5 Å². The minimum atomic E-state index is 0.701. The van der Waals surface area contributed by atoms with Gasteiger partial charge in [-0.05, 0) is 17.5 Å². The van der Waals surface area contributed by atoms with Gasteiger partial charge in [-0.1, -0.05) is 86.8 Å². The fourth-order valence-electron chi connectivity index (χ4n) is 2.30. The summed E-state index contributed by atoms with van der Waals surface area (Å²) >= 11 is 4.21. The summed E-state index contributed by atoms with van der Waals surface area (Å²) in [5.74, 6) is 2.25. The van der Waals surface area contributed by atoms with Crippen LogP contribution in [-0.4, -0.2) is 4.58 Å². The number of hydrogen-bond acceptors (Lipinski definition) is 2. The van der Waals surface area contributed by atoms with E-state index in [0.717, 1.165) is 11.5 Å². The molecular weight excluding hydrogens is 304 g/mol. The molecule has 0 N–H and O–H groups in total. The lowest BCUT2D eigenvalue weighted by Gasteiger charge is -2.16. The Balaban J connectivity index is 1.82. The summed E-state index contributed by atoms with van der Waals surface area (Å²) in [5.41, 5.74) is 2.88. The summed E-state index contributed by atoms with van der Waals surface area (Å²) in [7, 11) is 0. The van der Waals surface area contributed by atoms with E-state index in [0.29, 0.717) is 4.58 Å². The molecule has 0 aliphatic rings. The summed E-state index contributed by atoms with van der Waals surface area (Å²) in [5, 5.41) is 0. The van der Waals surface area contributed by atoms with Crippen molar-refractivity contribution >= 4 is 23.5 Å². The van der Waals surface area contributed by atoms with Crippen molar-refractivity contribution in [1.82, 2.24) is 0 Å². The van der Waals surface area contributed by atoms with E-state index in [1.54, 1.807) is 0 Å². The Bertz CT molecular complexity index is 452. The third kappa shape index (κ3) is 6.93. The van der Waals surface area contributed by atoms with E-state index in [-0.39, 0.29) is 0 Å². The molecule has 0 spiro atoms. The second kappa shape index (κ2) is 10.8. The third-order valence-electron chi connectivity index (χ3n) is 3.60. The highest BCUT2D eigenvalue weighted by Crippen LogP contribution is 2.33. The fourth-order valence-corrected chi connectivity index (χ4v) is 4.90. The molecule has 0 atom stereocenters. The average Bonchev–Trinajstić information content (AvgIpc) is 2.59. The molecule has 0 amide bonds. The quantitative estimate of drug-likeness (QED) is 0.348. The molecule has 22 heavy (non-hydrogen) atoms. The Morgan fingerprint density at radius 1 is 0.727 bits per heavy atom. The fraction of sp³-hybridized carbons (Fsp3) is 0.400. The van der Waals surface area contributed by atoms with Crippen molar-refractivity contribution in [3.63, 3.8) is 0 Å². The number of thioether (sulfide) groups is 2. The van der Waals surface area contributed by atoms with Crippen LogP contribution in [0, 0.1) is 0 Å². The van der Waals surface area contributed by atoms with Gasteiger partial charge in [0.25, 0.3) is 0 Å². The highest BCUT2D eigenvalue weighted by Gasteiger charge is 2.10. The lowest BCUT2D eigenvalue weighted by molar-refractivity contribution is 0.696. The zero-order valence-corrected chi connectivity index (χ0v) is 15.0. The predicted molar refractivity (Wildman–Crippen MR) is 103 cm³/mol. The van der Waals surface area contributed by atoms with Crippen LogP contribution in [0.2, 0.25) is 0 Å². The average molecular weight is 331 g/mol. The van der Waals surface area contributed by atoms with Gasteiger partial charge in [-0.25, -0.2) is 0 Å². The van der Waals surface area contributed by atoms with E-state index >= 15 is 0 Å². The van der Waals surface area contributed by atoms with Crippen molar-refractivity contribution in [2.45, 2.75) is 48.7 Å². The van der Waals surface area contributed by atoms with Crippen LogP contribution in [0.3, 0.4) is 0 Å². The van der Waals surface area contributed by atoms with Gasteiger partial charge >= 0.3 is 0 Å². The molecular formula is C20H26S2. The summed E-state index contributed by atoms with van der Waals surface area (Å²) in [6.45, 7) is 2.28. The molecule has 0 aliphatic carbocycles. The Hall–Kier alpha value is -0.860. The molecule has 0 fully saturated rings. The lowest BCUT2D eigenvalue weighted by atomic mass is 10.2. The van der Waals surface area contributed by atoms with Crippen LogP contribution in [0.15, 0.2) is 60.7 Å². The van der Waals surface area contributed by atoms with Crippen LogP contribution in [0.1, 0.15) is 43.7 Å². The van der Waals surface area contributed by atoms with Gasteiger partial charge in [0.2, 0.25) is 0 Å². The minimum Gasteiger partial charge on any atom is -0.143 e. The molecule has 0 unspecified atom stereocenters. The first-order valence-electron chi connectivity index (χ1n) is 8.19. The lowest BCUT2D eigenvalue weighted by Crippen LogP contribution is -1.99. The van der Waals surface area contributed by atoms with Gasteiger partial charge in [-0.3, -0.25) is 0 Å². The van der Waals surface area contributed by atoms with E-state index in [9.17, 15) is 0 Å². The van der Waals surface area contributed by atoms with Crippen LogP contribution in [0.25, 0.3) is 0 Å². The maximum atomic E-state index is 2.28. The summed E-state index contributed by atoms with van der Waals surface area (Å²) in [6, 6.07) is 21.7. The predicted octanol–water partition coefficient (Wildman–Crippen LogP) is 6.76. The molecule has 2 heteroatoms. The first-order chi connectivity index (χ1) is 10.9. The molecule has 2 aromatic carbocycles. The molecule has 0 bridgehead atoms. The second-order valence-electron chi connectivity index (χ2n) is 5.52. The Morgan fingerprint density at radius 2 is 1.23 bits per heavy atom. The first-order valence-corrected chi connectivity index (χ1v) is 10.3. The third-order valence-corrected chi connectivity index (χ3v) is 6.63. The van der Waals surface area contributed by atoms with Crippen LogP contribution >= 0.6 is 23.5 Å². The van der Waals surface area contributed by atoms with Gasteiger partial charge < -0.3 is 0 Å².